The second-order valence-corrected chi connectivity index (χ2v) is 8.08. The maximum absolute atomic E-state index is 13.2. The van der Waals surface area contributed by atoms with Crippen LogP contribution in [0.2, 0.25) is 0 Å². The predicted molar refractivity (Wildman–Crippen MR) is 123 cm³/mol. The molecular weight excluding hydrogens is 420 g/mol. The Morgan fingerprint density at radius 3 is 2.30 bits per heavy atom. The van der Waals surface area contributed by atoms with Crippen LogP contribution in [0.15, 0.2) is 78.4 Å². The summed E-state index contributed by atoms with van der Waals surface area (Å²) in [5.41, 5.74) is 3.31. The van der Waals surface area contributed by atoms with Gasteiger partial charge < -0.3 is 10.0 Å². The van der Waals surface area contributed by atoms with Gasteiger partial charge in [0.25, 0.3) is 17.4 Å². The fourth-order valence-electron chi connectivity index (χ4n) is 4.08. The minimum atomic E-state index is -0.883. The van der Waals surface area contributed by atoms with Crippen LogP contribution in [-0.2, 0) is 16.1 Å². The lowest BCUT2D eigenvalue weighted by molar-refractivity contribution is -0.384. The number of nitro benzene ring substituents is 1. The zero-order valence-electron chi connectivity index (χ0n) is 18.2. The van der Waals surface area contributed by atoms with Gasteiger partial charge in [0.1, 0.15) is 5.76 Å². The summed E-state index contributed by atoms with van der Waals surface area (Å²) in [4.78, 5) is 38.2. The highest BCUT2D eigenvalue weighted by atomic mass is 16.6. The third-order valence-corrected chi connectivity index (χ3v) is 5.80. The zero-order valence-corrected chi connectivity index (χ0v) is 18.2. The minimum Gasteiger partial charge on any atom is -0.507 e. The summed E-state index contributed by atoms with van der Waals surface area (Å²) >= 11 is 0. The highest BCUT2D eigenvalue weighted by Crippen LogP contribution is 2.41. The number of carbonyl (C=O) groups excluding carboxylic acids is 2. The number of rotatable bonds is 5. The van der Waals surface area contributed by atoms with Crippen molar-refractivity contribution in [3.05, 3.63) is 116 Å². The van der Waals surface area contributed by atoms with E-state index >= 15 is 0 Å². The number of ketones is 1. The average Bonchev–Trinajstić information content (AvgIpc) is 3.06. The molecule has 4 rings (SSSR count). The van der Waals surface area contributed by atoms with Gasteiger partial charge in [-0.15, -0.1) is 0 Å². The Kier molecular flexibility index (Phi) is 5.79. The molecule has 1 N–H and O–H groups in total. The van der Waals surface area contributed by atoms with Gasteiger partial charge >= 0.3 is 0 Å². The van der Waals surface area contributed by atoms with Crippen molar-refractivity contribution in [2.45, 2.75) is 26.4 Å². The molecule has 0 bridgehead atoms. The molecule has 1 fully saturated rings. The lowest BCUT2D eigenvalue weighted by Crippen LogP contribution is -2.29. The Bertz CT molecular complexity index is 1280. The van der Waals surface area contributed by atoms with Crippen molar-refractivity contribution < 1.29 is 19.6 Å². The molecule has 1 unspecified atom stereocenters. The molecule has 0 radical (unpaired) electrons. The molecule has 1 atom stereocenters. The van der Waals surface area contributed by atoms with Crippen LogP contribution in [0.4, 0.5) is 5.69 Å². The first-order valence-electron chi connectivity index (χ1n) is 10.4. The van der Waals surface area contributed by atoms with E-state index in [1.165, 1.54) is 29.2 Å². The van der Waals surface area contributed by atoms with E-state index in [2.05, 4.69) is 0 Å². The van der Waals surface area contributed by atoms with Gasteiger partial charge in [0.05, 0.1) is 16.5 Å². The summed E-state index contributed by atoms with van der Waals surface area (Å²) in [6, 6.07) is 19.5. The second kappa shape index (κ2) is 8.70. The van der Waals surface area contributed by atoms with Crippen LogP contribution in [0.3, 0.4) is 0 Å². The number of nitro groups is 1. The van der Waals surface area contributed by atoms with Crippen molar-refractivity contribution in [2.24, 2.45) is 0 Å². The van der Waals surface area contributed by atoms with Gasteiger partial charge in [-0.25, -0.2) is 0 Å². The normalized spacial score (nSPS) is 17.4. The molecule has 1 amide bonds. The summed E-state index contributed by atoms with van der Waals surface area (Å²) in [5, 5.41) is 22.4. The van der Waals surface area contributed by atoms with Crippen molar-refractivity contribution in [1.82, 2.24) is 4.90 Å². The molecule has 0 saturated carbocycles. The molecule has 166 valence electrons. The van der Waals surface area contributed by atoms with Crippen molar-refractivity contribution in [1.29, 1.82) is 0 Å². The molecule has 1 aliphatic heterocycles. The van der Waals surface area contributed by atoms with Crippen LogP contribution in [0, 0.1) is 24.0 Å². The third-order valence-electron chi connectivity index (χ3n) is 5.80. The Morgan fingerprint density at radius 2 is 1.67 bits per heavy atom. The van der Waals surface area contributed by atoms with E-state index in [0.717, 1.165) is 16.7 Å². The molecule has 0 aliphatic carbocycles. The maximum atomic E-state index is 13.2. The Balaban J connectivity index is 1.89. The predicted octanol–water partition coefficient (Wildman–Crippen LogP) is 4.83. The van der Waals surface area contributed by atoms with E-state index in [1.54, 1.807) is 6.07 Å². The Hall–Kier alpha value is -4.26. The highest BCUT2D eigenvalue weighted by molar-refractivity contribution is 6.46. The number of nitrogens with zero attached hydrogens (tertiary/aromatic N) is 2. The molecule has 7 heteroatoms. The van der Waals surface area contributed by atoms with Gasteiger partial charge in [-0.1, -0.05) is 48.0 Å². The van der Waals surface area contributed by atoms with Gasteiger partial charge in [0, 0.05) is 24.2 Å². The lowest BCUT2D eigenvalue weighted by atomic mass is 9.93. The standard InChI is InChI=1S/C26H22N2O5/c1-16-8-9-17(2)21(14-16)24(29)22-23(19-10-12-20(13-11-19)28(32)33)27(26(31)25(22)30)15-18-6-4-3-5-7-18/h3-14,23,29H,15H2,1-2H3/b24-22+. The molecular formula is C26H22N2O5. The van der Waals surface area contributed by atoms with Crippen LogP contribution >= 0.6 is 0 Å². The number of benzene rings is 3. The summed E-state index contributed by atoms with van der Waals surface area (Å²) in [6.07, 6.45) is 0. The van der Waals surface area contributed by atoms with Gasteiger partial charge in [-0.3, -0.25) is 19.7 Å². The molecule has 0 spiro atoms. The molecule has 1 saturated heterocycles. The Morgan fingerprint density at radius 1 is 1.00 bits per heavy atom. The molecule has 7 nitrogen and oxygen atoms in total. The van der Waals surface area contributed by atoms with Crippen molar-refractivity contribution in [3.8, 4) is 0 Å². The van der Waals surface area contributed by atoms with E-state index in [1.807, 2.05) is 56.3 Å². The van der Waals surface area contributed by atoms with Crippen molar-refractivity contribution >= 4 is 23.1 Å². The number of aryl methyl sites for hydroxylation is 2. The first kappa shape index (κ1) is 22.0. The topological polar surface area (TPSA) is 101 Å². The Labute approximate surface area is 190 Å². The van der Waals surface area contributed by atoms with Crippen LogP contribution < -0.4 is 0 Å². The van der Waals surface area contributed by atoms with Gasteiger partial charge in [-0.2, -0.15) is 0 Å². The van der Waals surface area contributed by atoms with Gasteiger partial charge in [0.15, 0.2) is 0 Å². The average molecular weight is 442 g/mol. The van der Waals surface area contributed by atoms with Crippen molar-refractivity contribution in [3.63, 3.8) is 0 Å². The maximum Gasteiger partial charge on any atom is 0.295 e. The van der Waals surface area contributed by atoms with Crippen LogP contribution in [0.25, 0.3) is 5.76 Å². The van der Waals surface area contributed by atoms with Crippen molar-refractivity contribution in [2.75, 3.05) is 0 Å². The lowest BCUT2D eigenvalue weighted by Gasteiger charge is -2.25. The molecule has 33 heavy (non-hydrogen) atoms. The third kappa shape index (κ3) is 4.13. The van der Waals surface area contributed by atoms with Crippen LogP contribution in [0.1, 0.15) is 33.9 Å². The first-order valence-corrected chi connectivity index (χ1v) is 10.4. The SMILES string of the molecule is Cc1ccc(C)c(/C(O)=C2\C(=O)C(=O)N(Cc3ccccc3)C2c2ccc([N+](=O)[O-])cc2)c1. The first-order chi connectivity index (χ1) is 15.8. The number of likely N-dealkylation sites (tertiary alicyclic amines) is 1. The van der Waals surface area contributed by atoms with Gasteiger partial charge in [-0.05, 0) is 48.7 Å². The van der Waals surface area contributed by atoms with E-state index in [-0.39, 0.29) is 23.6 Å². The summed E-state index contributed by atoms with van der Waals surface area (Å²) in [5.74, 6) is -1.77. The number of hydrogen-bond donors (Lipinski definition) is 1. The van der Waals surface area contributed by atoms with E-state index < -0.39 is 22.7 Å². The van der Waals surface area contributed by atoms with E-state index in [0.29, 0.717) is 11.1 Å². The minimum absolute atomic E-state index is 0.0292. The number of hydrogen-bond acceptors (Lipinski definition) is 5. The summed E-state index contributed by atoms with van der Waals surface area (Å²) in [6.45, 7) is 3.84. The smallest absolute Gasteiger partial charge is 0.295 e. The number of non-ortho nitro benzene ring substituents is 1. The molecule has 3 aromatic rings. The fourth-order valence-corrected chi connectivity index (χ4v) is 4.08. The van der Waals surface area contributed by atoms with Crippen LogP contribution in [-0.4, -0.2) is 26.6 Å². The highest BCUT2D eigenvalue weighted by Gasteiger charge is 2.46. The molecule has 0 aromatic heterocycles. The largest absolute Gasteiger partial charge is 0.507 e. The summed E-state index contributed by atoms with van der Waals surface area (Å²) < 4.78 is 0. The zero-order chi connectivity index (χ0) is 23.7. The number of Topliss-reactive ketones (excluding diaryl/α,β-unsaturated/α-hetero) is 1. The van der Waals surface area contributed by atoms with E-state index in [9.17, 15) is 24.8 Å². The molecule has 3 aromatic carbocycles. The monoisotopic (exact) mass is 442 g/mol. The van der Waals surface area contributed by atoms with Gasteiger partial charge in [0.2, 0.25) is 0 Å². The fraction of sp³-hybridized carbons (Fsp3) is 0.154. The quantitative estimate of drug-likeness (QED) is 0.200. The number of amides is 1. The summed E-state index contributed by atoms with van der Waals surface area (Å²) in [7, 11) is 0. The molecule has 1 aliphatic rings. The number of aliphatic hydroxyl groups excluding tert-OH is 1. The molecule has 1 heterocycles. The number of carbonyl (C=O) groups is 2. The number of aliphatic hydroxyl groups is 1. The van der Waals surface area contributed by atoms with E-state index in [4.69, 9.17) is 0 Å². The second-order valence-electron chi connectivity index (χ2n) is 8.08. The van der Waals surface area contributed by atoms with Crippen LogP contribution in [0.5, 0.6) is 0 Å².